The van der Waals surface area contributed by atoms with Crippen LogP contribution in [0.3, 0.4) is 0 Å². The van der Waals surface area contributed by atoms with Gasteiger partial charge in [-0.2, -0.15) is 18.3 Å². The van der Waals surface area contributed by atoms with Gasteiger partial charge in [-0.1, -0.05) is 12.1 Å². The highest BCUT2D eigenvalue weighted by molar-refractivity contribution is 6.47. The molecule has 1 aromatic heterocycles. The first-order chi connectivity index (χ1) is 16.1. The molecule has 0 bridgehead atoms. The van der Waals surface area contributed by atoms with Crippen molar-refractivity contribution in [3.05, 3.63) is 71.0 Å². The van der Waals surface area contributed by atoms with Gasteiger partial charge in [0.25, 0.3) is 11.7 Å². The fourth-order valence-corrected chi connectivity index (χ4v) is 3.72. The summed E-state index contributed by atoms with van der Waals surface area (Å²) in [5.41, 5.74) is 0.460. The number of carbonyl (C=O) groups excluding carboxylic acids is 3. The van der Waals surface area contributed by atoms with Crippen molar-refractivity contribution < 1.29 is 32.3 Å². The van der Waals surface area contributed by atoms with Crippen LogP contribution in [0, 0.1) is 13.8 Å². The molecule has 0 saturated carbocycles. The second-order valence-electron chi connectivity index (χ2n) is 7.61. The molecule has 0 radical (unpaired) electrons. The van der Waals surface area contributed by atoms with Crippen molar-refractivity contribution in [1.82, 2.24) is 9.78 Å². The van der Waals surface area contributed by atoms with Crippen LogP contribution in [-0.4, -0.2) is 40.7 Å². The molecular weight excluding hydrogens is 453 g/mol. The number of amides is 2. The van der Waals surface area contributed by atoms with E-state index in [0.717, 1.165) is 12.1 Å². The topological polar surface area (TPSA) is 93.5 Å². The number of alkyl halides is 3. The fourth-order valence-electron chi connectivity index (χ4n) is 3.72. The number of rotatable bonds is 5. The molecule has 2 aromatic carbocycles. The molecule has 0 unspecified atom stereocenters. The van der Waals surface area contributed by atoms with E-state index in [1.165, 1.54) is 41.6 Å². The van der Waals surface area contributed by atoms with Crippen molar-refractivity contribution >= 4 is 29.2 Å². The van der Waals surface area contributed by atoms with E-state index in [4.69, 9.17) is 4.74 Å². The number of anilines is 2. The van der Waals surface area contributed by atoms with Crippen molar-refractivity contribution in [2.24, 2.45) is 0 Å². The number of benzene rings is 2. The molecule has 1 N–H and O–H groups in total. The van der Waals surface area contributed by atoms with Gasteiger partial charge in [-0.25, -0.2) is 9.48 Å². The number of ketones is 1. The third-order valence-corrected chi connectivity index (χ3v) is 5.32. The molecular formula is C23H19F3N4O4. The average molecular weight is 472 g/mol. The van der Waals surface area contributed by atoms with E-state index in [0.29, 0.717) is 12.2 Å². The van der Waals surface area contributed by atoms with Crippen LogP contribution in [0.1, 0.15) is 27.3 Å². The first-order valence-electron chi connectivity index (χ1n) is 10.2. The van der Waals surface area contributed by atoms with Gasteiger partial charge in [0.05, 0.1) is 34.7 Å². The third-order valence-electron chi connectivity index (χ3n) is 5.32. The second-order valence-corrected chi connectivity index (χ2v) is 7.61. The first kappa shape index (κ1) is 23.0. The van der Waals surface area contributed by atoms with E-state index < -0.39 is 29.5 Å². The Morgan fingerprint density at radius 3 is 2.44 bits per heavy atom. The van der Waals surface area contributed by atoms with E-state index >= 15 is 0 Å². The Balaban J connectivity index is 1.58. The Morgan fingerprint density at radius 1 is 1.06 bits per heavy atom. The standard InChI is InChI=1S/C23H19F3N4O4/c1-13-19(14(2)30(28-13)18-8-3-5-15(11-18)23(24,25)26)20(31)21(32)27-16-6-4-7-17(12-16)29-9-10-34-22(29)33/h3-8,11-12H,9-10H2,1-2H3,(H,27,32). The third kappa shape index (κ3) is 4.36. The number of hydrogen-bond acceptors (Lipinski definition) is 5. The number of cyclic esters (lactones) is 1. The minimum Gasteiger partial charge on any atom is -0.447 e. The zero-order valence-electron chi connectivity index (χ0n) is 18.1. The van der Waals surface area contributed by atoms with E-state index in [1.807, 2.05) is 0 Å². The maximum Gasteiger partial charge on any atom is 0.416 e. The van der Waals surface area contributed by atoms with Crippen molar-refractivity contribution in [2.45, 2.75) is 20.0 Å². The molecule has 1 aliphatic heterocycles. The number of Topliss-reactive ketones (excluding diaryl/α,β-unsaturated/α-hetero) is 1. The molecule has 1 saturated heterocycles. The Morgan fingerprint density at radius 2 is 1.76 bits per heavy atom. The SMILES string of the molecule is Cc1nn(-c2cccc(C(F)(F)F)c2)c(C)c1C(=O)C(=O)Nc1cccc(N2CCOC2=O)c1. The fraction of sp³-hybridized carbons (Fsp3) is 0.217. The second kappa shape index (κ2) is 8.65. The van der Waals surface area contributed by atoms with Gasteiger partial charge in [0, 0.05) is 11.4 Å². The van der Waals surface area contributed by atoms with Gasteiger partial charge >= 0.3 is 12.3 Å². The van der Waals surface area contributed by atoms with Crippen LogP contribution in [0.25, 0.3) is 5.69 Å². The monoisotopic (exact) mass is 472 g/mol. The average Bonchev–Trinajstić information content (AvgIpc) is 3.35. The number of aryl methyl sites for hydroxylation is 1. The lowest BCUT2D eigenvalue weighted by molar-refractivity contribution is -0.137. The number of hydrogen-bond donors (Lipinski definition) is 1. The van der Waals surface area contributed by atoms with E-state index in [2.05, 4.69) is 10.4 Å². The zero-order valence-corrected chi connectivity index (χ0v) is 18.1. The normalized spacial score (nSPS) is 13.7. The summed E-state index contributed by atoms with van der Waals surface area (Å²) in [4.78, 5) is 38.8. The highest BCUT2D eigenvalue weighted by Crippen LogP contribution is 2.31. The molecule has 2 heterocycles. The number of nitrogens with one attached hydrogen (secondary N) is 1. The van der Waals surface area contributed by atoms with Gasteiger partial charge in [-0.15, -0.1) is 0 Å². The number of ether oxygens (including phenoxy) is 1. The van der Waals surface area contributed by atoms with Crippen LogP contribution in [0.4, 0.5) is 29.3 Å². The molecule has 0 atom stereocenters. The first-order valence-corrected chi connectivity index (χ1v) is 10.2. The molecule has 1 aliphatic rings. The summed E-state index contributed by atoms with van der Waals surface area (Å²) in [6.45, 7) is 3.61. The molecule has 1 fully saturated rings. The number of carbonyl (C=O) groups is 3. The Bertz CT molecular complexity index is 1300. The molecule has 34 heavy (non-hydrogen) atoms. The summed E-state index contributed by atoms with van der Waals surface area (Å²) in [6.07, 6.45) is -5.04. The van der Waals surface area contributed by atoms with Gasteiger partial charge in [0.1, 0.15) is 6.61 Å². The summed E-state index contributed by atoms with van der Waals surface area (Å²) in [7, 11) is 0. The van der Waals surface area contributed by atoms with Gasteiger partial charge < -0.3 is 10.1 Å². The highest BCUT2D eigenvalue weighted by atomic mass is 19.4. The molecule has 2 amide bonds. The molecule has 0 spiro atoms. The molecule has 176 valence electrons. The van der Waals surface area contributed by atoms with Crippen LogP contribution in [0.2, 0.25) is 0 Å². The number of aromatic nitrogens is 2. The predicted octanol–water partition coefficient (Wildman–Crippen LogP) is 4.29. The van der Waals surface area contributed by atoms with Gasteiger partial charge in [0.2, 0.25) is 0 Å². The van der Waals surface area contributed by atoms with Crippen molar-refractivity contribution in [1.29, 1.82) is 0 Å². The predicted molar refractivity (Wildman–Crippen MR) is 116 cm³/mol. The van der Waals surface area contributed by atoms with Crippen LogP contribution in [0.5, 0.6) is 0 Å². The van der Waals surface area contributed by atoms with Gasteiger partial charge in [-0.3, -0.25) is 14.5 Å². The van der Waals surface area contributed by atoms with Crippen molar-refractivity contribution in [3.63, 3.8) is 0 Å². The number of nitrogens with zero attached hydrogens (tertiary/aromatic N) is 3. The van der Waals surface area contributed by atoms with Crippen molar-refractivity contribution in [2.75, 3.05) is 23.4 Å². The minimum absolute atomic E-state index is 0.00538. The van der Waals surface area contributed by atoms with E-state index in [-0.39, 0.29) is 34.9 Å². The maximum atomic E-state index is 13.1. The molecule has 3 aromatic rings. The lowest BCUT2D eigenvalue weighted by Gasteiger charge is -2.14. The molecule has 11 heteroatoms. The van der Waals surface area contributed by atoms with Gasteiger partial charge in [0.15, 0.2) is 0 Å². The Kier molecular flexibility index (Phi) is 5.86. The largest absolute Gasteiger partial charge is 0.447 e. The molecule has 4 rings (SSSR count). The smallest absolute Gasteiger partial charge is 0.416 e. The lowest BCUT2D eigenvalue weighted by atomic mass is 10.1. The van der Waals surface area contributed by atoms with Crippen LogP contribution >= 0.6 is 0 Å². The molecule has 0 aliphatic carbocycles. The Hall–Kier alpha value is -4.15. The Labute approximate surface area is 191 Å². The number of halogens is 3. The van der Waals surface area contributed by atoms with E-state index in [9.17, 15) is 27.6 Å². The summed E-state index contributed by atoms with van der Waals surface area (Å²) >= 11 is 0. The maximum absolute atomic E-state index is 13.1. The van der Waals surface area contributed by atoms with Crippen LogP contribution in [0.15, 0.2) is 48.5 Å². The molecule has 8 nitrogen and oxygen atoms in total. The summed E-state index contributed by atoms with van der Waals surface area (Å²) in [5, 5.41) is 6.68. The van der Waals surface area contributed by atoms with E-state index in [1.54, 1.807) is 18.2 Å². The highest BCUT2D eigenvalue weighted by Gasteiger charge is 2.31. The van der Waals surface area contributed by atoms with Crippen LogP contribution < -0.4 is 10.2 Å². The minimum atomic E-state index is -4.54. The van der Waals surface area contributed by atoms with Crippen LogP contribution in [-0.2, 0) is 15.7 Å². The zero-order chi connectivity index (χ0) is 24.6. The summed E-state index contributed by atoms with van der Waals surface area (Å²) in [5.74, 6) is -1.84. The lowest BCUT2D eigenvalue weighted by Crippen LogP contribution is -2.25. The summed E-state index contributed by atoms with van der Waals surface area (Å²) < 4.78 is 45.4. The van der Waals surface area contributed by atoms with Crippen molar-refractivity contribution in [3.8, 4) is 5.69 Å². The summed E-state index contributed by atoms with van der Waals surface area (Å²) in [6, 6.07) is 10.9. The quantitative estimate of drug-likeness (QED) is 0.442. The van der Waals surface area contributed by atoms with Gasteiger partial charge in [-0.05, 0) is 50.2 Å².